The second kappa shape index (κ2) is 4.38. The molecule has 0 aliphatic rings. The summed E-state index contributed by atoms with van der Waals surface area (Å²) in [5.41, 5.74) is 0. The van der Waals surface area contributed by atoms with Gasteiger partial charge in [-0.05, 0) is 0 Å². The Bertz CT molecular complexity index is 104. The number of hydrogen-bond acceptors (Lipinski definition) is 4. The van der Waals surface area contributed by atoms with E-state index in [9.17, 15) is 4.79 Å². The lowest BCUT2D eigenvalue weighted by atomic mass is 10.0. The van der Waals surface area contributed by atoms with Crippen molar-refractivity contribution in [2.24, 2.45) is 5.92 Å². The number of aliphatic hydroxyl groups excluding tert-OH is 3. The molecule has 4 nitrogen and oxygen atoms in total. The van der Waals surface area contributed by atoms with Gasteiger partial charge in [0.05, 0.1) is 6.10 Å². The summed E-state index contributed by atoms with van der Waals surface area (Å²) >= 11 is 0. The monoisotopic (exact) mass is 147 g/mol. The maximum Gasteiger partial charge on any atom is 0.125 e. The van der Waals surface area contributed by atoms with E-state index in [1.807, 2.05) is 0 Å². The normalized spacial score (nSPS) is 19.6. The third kappa shape index (κ3) is 2.43. The van der Waals surface area contributed by atoms with E-state index < -0.39 is 18.1 Å². The molecule has 0 aromatic rings. The molecular formula is C6H11O4. The molecule has 0 rings (SSSR count). The lowest BCUT2D eigenvalue weighted by Gasteiger charge is -2.16. The second-order valence-electron chi connectivity index (χ2n) is 2.13. The van der Waals surface area contributed by atoms with Crippen molar-refractivity contribution >= 4 is 6.29 Å². The van der Waals surface area contributed by atoms with Crippen molar-refractivity contribution in [3.05, 3.63) is 6.61 Å². The van der Waals surface area contributed by atoms with Crippen LogP contribution in [0.1, 0.15) is 6.92 Å². The molecule has 59 valence electrons. The zero-order chi connectivity index (χ0) is 8.15. The van der Waals surface area contributed by atoms with E-state index in [1.54, 1.807) is 0 Å². The van der Waals surface area contributed by atoms with Gasteiger partial charge in [0.2, 0.25) is 0 Å². The largest absolute Gasteiger partial charge is 0.390 e. The Morgan fingerprint density at radius 3 is 2.20 bits per heavy atom. The van der Waals surface area contributed by atoms with Gasteiger partial charge in [-0.15, -0.1) is 0 Å². The van der Waals surface area contributed by atoms with Gasteiger partial charge in [-0.25, -0.2) is 0 Å². The molecule has 0 fully saturated rings. The fraction of sp³-hybridized carbons (Fsp3) is 0.667. The Hall–Kier alpha value is -0.450. The Morgan fingerprint density at radius 1 is 1.40 bits per heavy atom. The van der Waals surface area contributed by atoms with Gasteiger partial charge in [0, 0.05) is 5.92 Å². The predicted octanol–water partition coefficient (Wildman–Crippen LogP) is -0.923. The maximum absolute atomic E-state index is 10.0. The first-order valence-corrected chi connectivity index (χ1v) is 2.92. The Balaban J connectivity index is 3.80. The van der Waals surface area contributed by atoms with Gasteiger partial charge < -0.3 is 20.1 Å². The van der Waals surface area contributed by atoms with E-state index >= 15 is 0 Å². The van der Waals surface area contributed by atoms with Crippen molar-refractivity contribution in [3.63, 3.8) is 0 Å². The van der Waals surface area contributed by atoms with Crippen LogP contribution in [0.4, 0.5) is 0 Å². The topological polar surface area (TPSA) is 77.8 Å². The lowest BCUT2D eigenvalue weighted by molar-refractivity contribution is -0.116. The van der Waals surface area contributed by atoms with Crippen LogP contribution in [-0.2, 0) is 4.79 Å². The molecular weight excluding hydrogens is 136 g/mol. The van der Waals surface area contributed by atoms with Crippen LogP contribution in [-0.4, -0.2) is 33.8 Å². The number of aldehydes is 1. The molecule has 0 bridgehead atoms. The standard InChI is InChI=1S/C6H11O4/c1-4(2-7)6(10)5(9)3-8/h2-6,8-10H,1H3. The summed E-state index contributed by atoms with van der Waals surface area (Å²) in [4.78, 5) is 10.0. The van der Waals surface area contributed by atoms with E-state index in [0.29, 0.717) is 12.9 Å². The molecule has 0 saturated carbocycles. The third-order valence-electron chi connectivity index (χ3n) is 1.26. The molecule has 0 aromatic carbocycles. The molecule has 3 atom stereocenters. The summed E-state index contributed by atoms with van der Waals surface area (Å²) in [6.07, 6.45) is -2.06. The zero-order valence-corrected chi connectivity index (χ0v) is 5.64. The quantitative estimate of drug-likeness (QED) is 0.449. The minimum atomic E-state index is -1.35. The molecule has 0 saturated heterocycles. The zero-order valence-electron chi connectivity index (χ0n) is 5.64. The molecule has 0 aliphatic carbocycles. The van der Waals surface area contributed by atoms with Crippen molar-refractivity contribution in [2.45, 2.75) is 19.1 Å². The van der Waals surface area contributed by atoms with Gasteiger partial charge in [-0.1, -0.05) is 6.92 Å². The molecule has 0 amide bonds. The molecule has 10 heavy (non-hydrogen) atoms. The van der Waals surface area contributed by atoms with Crippen molar-refractivity contribution < 1.29 is 20.1 Å². The predicted molar refractivity (Wildman–Crippen MR) is 33.5 cm³/mol. The second-order valence-corrected chi connectivity index (χ2v) is 2.13. The van der Waals surface area contributed by atoms with E-state index in [2.05, 4.69) is 0 Å². The highest BCUT2D eigenvalue weighted by molar-refractivity contribution is 5.53. The summed E-state index contributed by atoms with van der Waals surface area (Å²) < 4.78 is 0. The van der Waals surface area contributed by atoms with Crippen molar-refractivity contribution in [1.82, 2.24) is 0 Å². The highest BCUT2D eigenvalue weighted by Crippen LogP contribution is 2.05. The van der Waals surface area contributed by atoms with Gasteiger partial charge in [0.15, 0.2) is 0 Å². The van der Waals surface area contributed by atoms with E-state index in [0.717, 1.165) is 0 Å². The van der Waals surface area contributed by atoms with Crippen molar-refractivity contribution in [3.8, 4) is 0 Å². The fourth-order valence-electron chi connectivity index (χ4n) is 0.480. The van der Waals surface area contributed by atoms with Crippen LogP contribution >= 0.6 is 0 Å². The minimum absolute atomic E-state index is 0.449. The van der Waals surface area contributed by atoms with Crippen LogP contribution in [0, 0.1) is 12.5 Å². The molecule has 0 spiro atoms. The number of carbonyl (C=O) groups excluding carboxylic acids is 1. The van der Waals surface area contributed by atoms with Gasteiger partial charge in [0.25, 0.3) is 0 Å². The number of rotatable bonds is 4. The van der Waals surface area contributed by atoms with E-state index in [-0.39, 0.29) is 0 Å². The number of carbonyl (C=O) groups is 1. The first-order chi connectivity index (χ1) is 4.63. The SMILES string of the molecule is CC(C=O)C(O)C(O)[CH]O. The van der Waals surface area contributed by atoms with E-state index in [1.165, 1.54) is 6.92 Å². The van der Waals surface area contributed by atoms with E-state index in [4.69, 9.17) is 15.3 Å². The average molecular weight is 147 g/mol. The van der Waals surface area contributed by atoms with Crippen LogP contribution in [0.5, 0.6) is 0 Å². The molecule has 3 unspecified atom stereocenters. The fourth-order valence-corrected chi connectivity index (χ4v) is 0.480. The Labute approximate surface area is 59.1 Å². The van der Waals surface area contributed by atoms with Crippen LogP contribution in [0.25, 0.3) is 0 Å². The average Bonchev–Trinajstić information content (AvgIpc) is 2.00. The first kappa shape index (κ1) is 9.55. The van der Waals surface area contributed by atoms with Crippen molar-refractivity contribution in [2.75, 3.05) is 0 Å². The summed E-state index contributed by atoms with van der Waals surface area (Å²) in [5, 5.41) is 25.8. The molecule has 4 heteroatoms. The molecule has 3 N–H and O–H groups in total. The molecule has 0 aromatic heterocycles. The Morgan fingerprint density at radius 2 is 1.90 bits per heavy atom. The van der Waals surface area contributed by atoms with Gasteiger partial charge >= 0.3 is 0 Å². The van der Waals surface area contributed by atoms with Crippen LogP contribution < -0.4 is 0 Å². The third-order valence-corrected chi connectivity index (χ3v) is 1.26. The molecule has 0 aliphatic heterocycles. The summed E-state index contributed by atoms with van der Waals surface area (Å²) in [6, 6.07) is 0. The highest BCUT2D eigenvalue weighted by Gasteiger charge is 2.21. The summed E-state index contributed by atoms with van der Waals surface area (Å²) in [6.45, 7) is 1.90. The Kier molecular flexibility index (Phi) is 4.18. The minimum Gasteiger partial charge on any atom is -0.390 e. The number of hydrogen-bond donors (Lipinski definition) is 3. The van der Waals surface area contributed by atoms with Gasteiger partial charge in [0.1, 0.15) is 19.0 Å². The van der Waals surface area contributed by atoms with Crippen LogP contribution in [0.2, 0.25) is 0 Å². The van der Waals surface area contributed by atoms with Crippen LogP contribution in [0.15, 0.2) is 0 Å². The first-order valence-electron chi connectivity index (χ1n) is 2.92. The highest BCUT2D eigenvalue weighted by atomic mass is 16.4. The lowest BCUT2D eigenvalue weighted by Crippen LogP contribution is -2.33. The van der Waals surface area contributed by atoms with Gasteiger partial charge in [-0.2, -0.15) is 0 Å². The molecule has 1 radical (unpaired) electrons. The molecule has 0 heterocycles. The maximum atomic E-state index is 10.0. The smallest absolute Gasteiger partial charge is 0.125 e. The number of aliphatic hydroxyl groups is 3. The summed E-state index contributed by atoms with van der Waals surface area (Å²) in [5.74, 6) is -0.668. The van der Waals surface area contributed by atoms with Crippen molar-refractivity contribution in [1.29, 1.82) is 0 Å². The summed E-state index contributed by atoms with van der Waals surface area (Å²) in [7, 11) is 0. The van der Waals surface area contributed by atoms with Gasteiger partial charge in [-0.3, -0.25) is 0 Å². The van der Waals surface area contributed by atoms with Crippen LogP contribution in [0.3, 0.4) is 0 Å².